The Balaban J connectivity index is 1.42. The van der Waals surface area contributed by atoms with E-state index in [9.17, 15) is 4.79 Å². The topological polar surface area (TPSA) is 116 Å². The molecule has 0 saturated carbocycles. The zero-order valence-electron chi connectivity index (χ0n) is 21.5. The van der Waals surface area contributed by atoms with Gasteiger partial charge >= 0.3 is 0 Å². The van der Waals surface area contributed by atoms with Crippen molar-refractivity contribution in [2.75, 3.05) is 5.73 Å². The maximum atomic E-state index is 13.4. The number of amides is 1. The Kier molecular flexibility index (Phi) is 6.08. The molecule has 0 bridgehead atoms. The molecule has 6 rings (SSSR count). The molecule has 9 nitrogen and oxygen atoms in total. The molecule has 4 heterocycles. The van der Waals surface area contributed by atoms with Crippen LogP contribution >= 0.6 is 0 Å². The van der Waals surface area contributed by atoms with E-state index in [0.29, 0.717) is 5.65 Å². The van der Waals surface area contributed by atoms with Crippen molar-refractivity contribution < 1.29 is 4.79 Å². The van der Waals surface area contributed by atoms with Gasteiger partial charge in [0.25, 0.3) is 5.91 Å². The van der Waals surface area contributed by atoms with Gasteiger partial charge in [0, 0.05) is 42.2 Å². The monoisotopic (exact) mass is 514 g/mol. The number of nitrogen functional groups attached to an aromatic ring is 1. The van der Waals surface area contributed by atoms with Crippen molar-refractivity contribution in [3.63, 3.8) is 0 Å². The van der Waals surface area contributed by atoms with Crippen LogP contribution in [0.4, 0.5) is 5.82 Å². The Labute approximate surface area is 224 Å². The van der Waals surface area contributed by atoms with Crippen LogP contribution in [-0.4, -0.2) is 35.3 Å². The summed E-state index contributed by atoms with van der Waals surface area (Å²) in [5.41, 5.74) is 12.3. The Bertz CT molecular complexity index is 1850. The first-order chi connectivity index (χ1) is 19.0. The fourth-order valence-electron chi connectivity index (χ4n) is 4.73. The summed E-state index contributed by atoms with van der Waals surface area (Å²) >= 11 is 0. The predicted molar refractivity (Wildman–Crippen MR) is 153 cm³/mol. The number of aryl methyl sites for hydroxylation is 1. The van der Waals surface area contributed by atoms with Gasteiger partial charge in [-0.3, -0.25) is 9.48 Å². The van der Waals surface area contributed by atoms with E-state index in [4.69, 9.17) is 10.7 Å². The molecule has 9 heteroatoms. The number of nitrogens with one attached hydrogen (secondary N) is 1. The van der Waals surface area contributed by atoms with Crippen molar-refractivity contribution >= 4 is 40.4 Å². The van der Waals surface area contributed by atoms with Gasteiger partial charge in [0.15, 0.2) is 11.5 Å². The average Bonchev–Trinajstić information content (AvgIpc) is 3.52. The number of nitrogens with zero attached hydrogens (tertiary/aromatic N) is 6. The maximum absolute atomic E-state index is 13.4. The Morgan fingerprint density at radius 1 is 1.08 bits per heavy atom. The van der Waals surface area contributed by atoms with Crippen LogP contribution in [0.1, 0.15) is 40.1 Å². The second-order valence-corrected chi connectivity index (χ2v) is 9.33. The molecular formula is C30H26N8O. The van der Waals surface area contributed by atoms with Crippen LogP contribution in [0, 0.1) is 0 Å². The maximum Gasteiger partial charge on any atom is 0.259 e. The molecule has 2 aromatic carbocycles. The largest absolute Gasteiger partial charge is 0.381 e. The average molecular weight is 515 g/mol. The van der Waals surface area contributed by atoms with Crippen LogP contribution in [0.15, 0.2) is 85.5 Å². The number of carbonyl (C=O) groups excluding carboxylic acids is 1. The Morgan fingerprint density at radius 3 is 2.72 bits per heavy atom. The number of pyridine rings is 1. The highest BCUT2D eigenvalue weighted by atomic mass is 16.1. The number of nitrogens with two attached hydrogens (primary N) is 1. The second kappa shape index (κ2) is 9.86. The molecule has 0 aliphatic carbocycles. The first-order valence-corrected chi connectivity index (χ1v) is 12.5. The van der Waals surface area contributed by atoms with Crippen molar-refractivity contribution in [1.82, 2.24) is 34.7 Å². The summed E-state index contributed by atoms with van der Waals surface area (Å²) in [5, 5.41) is 12.5. The first-order valence-electron chi connectivity index (χ1n) is 12.5. The lowest BCUT2D eigenvalue weighted by molar-refractivity contribution is 0.0941. The minimum Gasteiger partial charge on any atom is -0.381 e. The van der Waals surface area contributed by atoms with E-state index in [1.54, 1.807) is 23.1 Å². The molecule has 4 aromatic heterocycles. The third-order valence-electron chi connectivity index (χ3n) is 6.59. The number of benzene rings is 2. The van der Waals surface area contributed by atoms with E-state index in [2.05, 4.69) is 38.7 Å². The van der Waals surface area contributed by atoms with Gasteiger partial charge in [-0.05, 0) is 36.2 Å². The van der Waals surface area contributed by atoms with Gasteiger partial charge in [-0.25, -0.2) is 14.5 Å². The van der Waals surface area contributed by atoms with Gasteiger partial charge in [-0.2, -0.15) is 5.10 Å². The number of fused-ring (bicyclic) bond motifs is 2. The summed E-state index contributed by atoms with van der Waals surface area (Å²) in [6.07, 6.45) is 11.2. The third kappa shape index (κ3) is 4.61. The van der Waals surface area contributed by atoms with Crippen molar-refractivity contribution in [3.05, 3.63) is 108 Å². The summed E-state index contributed by atoms with van der Waals surface area (Å²) in [5.74, 6) is -0.235. The molecule has 0 aliphatic heterocycles. The molecule has 0 saturated heterocycles. The van der Waals surface area contributed by atoms with Crippen molar-refractivity contribution in [2.24, 2.45) is 7.05 Å². The highest BCUT2D eigenvalue weighted by Gasteiger charge is 2.23. The van der Waals surface area contributed by atoms with Crippen LogP contribution < -0.4 is 11.1 Å². The standard InChI is InChI=1S/C30H26N8O/c1-19(34-30(39)26-28(31)36-38-15-7-14-32-29(26)38)27-24(21-8-4-3-5-9-21)16-23-22(10-6-11-25(23)35-27)13-12-20-17-33-37(2)18-20/h3-19H,1-2H3,(H2,31,36)(H,34,39)/b13-12-/t19-/m1/s1. The SMILES string of the molecule is C[C@@H](NC(=O)c1c(N)nn2cccnc12)c1nc2cccc(/C=C\c3cnn(C)c3)c2cc1-c1ccccc1. The molecule has 192 valence electrons. The van der Waals surface area contributed by atoms with Gasteiger partial charge in [0.2, 0.25) is 0 Å². The van der Waals surface area contributed by atoms with Gasteiger partial charge in [0.1, 0.15) is 5.56 Å². The lowest BCUT2D eigenvalue weighted by Gasteiger charge is -2.19. The Hall–Kier alpha value is -5.31. The van der Waals surface area contributed by atoms with Gasteiger partial charge in [-0.1, -0.05) is 54.6 Å². The van der Waals surface area contributed by atoms with E-state index < -0.39 is 6.04 Å². The van der Waals surface area contributed by atoms with E-state index >= 15 is 0 Å². The number of rotatable bonds is 6. The number of hydrogen-bond donors (Lipinski definition) is 2. The molecule has 0 aliphatic rings. The minimum atomic E-state index is -0.426. The number of aromatic nitrogens is 6. The summed E-state index contributed by atoms with van der Waals surface area (Å²) < 4.78 is 3.27. The molecule has 0 radical (unpaired) electrons. The van der Waals surface area contributed by atoms with E-state index in [-0.39, 0.29) is 17.3 Å². The van der Waals surface area contributed by atoms with Crippen LogP contribution in [0.3, 0.4) is 0 Å². The highest BCUT2D eigenvalue weighted by molar-refractivity contribution is 6.04. The second-order valence-electron chi connectivity index (χ2n) is 9.33. The van der Waals surface area contributed by atoms with Crippen LogP contribution in [0.2, 0.25) is 0 Å². The quantitative estimate of drug-likeness (QED) is 0.326. The van der Waals surface area contributed by atoms with Gasteiger partial charge in [-0.15, -0.1) is 5.10 Å². The van der Waals surface area contributed by atoms with Crippen molar-refractivity contribution in [1.29, 1.82) is 0 Å². The van der Waals surface area contributed by atoms with E-state index in [0.717, 1.165) is 38.9 Å². The van der Waals surface area contributed by atoms with Gasteiger partial charge in [0.05, 0.1) is 23.4 Å². The fourth-order valence-corrected chi connectivity index (χ4v) is 4.73. The molecule has 0 fully saturated rings. The zero-order valence-corrected chi connectivity index (χ0v) is 21.5. The molecule has 0 spiro atoms. The van der Waals surface area contributed by atoms with E-state index in [1.807, 2.05) is 74.9 Å². The van der Waals surface area contributed by atoms with Gasteiger partial charge < -0.3 is 11.1 Å². The molecule has 3 N–H and O–H groups in total. The zero-order chi connectivity index (χ0) is 26.9. The molecular weight excluding hydrogens is 488 g/mol. The van der Waals surface area contributed by atoms with Crippen LogP contribution in [-0.2, 0) is 7.05 Å². The molecule has 1 atom stereocenters. The lowest BCUT2D eigenvalue weighted by atomic mass is 9.96. The highest BCUT2D eigenvalue weighted by Crippen LogP contribution is 2.32. The predicted octanol–water partition coefficient (Wildman–Crippen LogP) is 4.92. The summed E-state index contributed by atoms with van der Waals surface area (Å²) in [6.45, 7) is 1.92. The van der Waals surface area contributed by atoms with Crippen LogP contribution in [0.25, 0.3) is 39.8 Å². The van der Waals surface area contributed by atoms with Crippen LogP contribution in [0.5, 0.6) is 0 Å². The van der Waals surface area contributed by atoms with Crippen molar-refractivity contribution in [3.8, 4) is 11.1 Å². The number of carbonyl (C=O) groups is 1. The summed E-state index contributed by atoms with van der Waals surface area (Å²) in [6, 6.07) is 19.5. The summed E-state index contributed by atoms with van der Waals surface area (Å²) in [4.78, 5) is 22.7. The molecule has 6 aromatic rings. The third-order valence-corrected chi connectivity index (χ3v) is 6.59. The van der Waals surface area contributed by atoms with E-state index in [1.165, 1.54) is 4.52 Å². The molecule has 39 heavy (non-hydrogen) atoms. The lowest BCUT2D eigenvalue weighted by Crippen LogP contribution is -2.28. The summed E-state index contributed by atoms with van der Waals surface area (Å²) in [7, 11) is 1.90. The number of anilines is 1. The minimum absolute atomic E-state index is 0.123. The fraction of sp³-hybridized carbons (Fsp3) is 0.100. The molecule has 1 amide bonds. The number of hydrogen-bond acceptors (Lipinski definition) is 6. The first kappa shape index (κ1) is 24.1. The normalized spacial score (nSPS) is 12.4. The Morgan fingerprint density at radius 2 is 1.92 bits per heavy atom. The molecule has 0 unspecified atom stereocenters. The smallest absolute Gasteiger partial charge is 0.259 e. The van der Waals surface area contributed by atoms with Crippen molar-refractivity contribution in [2.45, 2.75) is 13.0 Å².